The average Bonchev–Trinajstić information content (AvgIpc) is 3.92. The molecular formula is C41H45F4N7O5. The van der Waals surface area contributed by atoms with Crippen molar-refractivity contribution in [1.29, 1.82) is 0 Å². The molecule has 12 nitrogen and oxygen atoms in total. The number of aromatic nitrogens is 3. The summed E-state index contributed by atoms with van der Waals surface area (Å²) in [5.41, 5.74) is 0.280. The number of carbonyl (C=O) groups is 2. The fourth-order valence-corrected chi connectivity index (χ4v) is 9.70. The number of amides is 2. The topological polar surface area (TPSA) is 122 Å². The fourth-order valence-electron chi connectivity index (χ4n) is 9.70. The van der Waals surface area contributed by atoms with Crippen LogP contribution in [0, 0.1) is 11.7 Å². The lowest BCUT2D eigenvalue weighted by Gasteiger charge is -2.41. The van der Waals surface area contributed by atoms with E-state index in [0.717, 1.165) is 55.7 Å². The Morgan fingerprint density at radius 1 is 1.05 bits per heavy atom. The van der Waals surface area contributed by atoms with Gasteiger partial charge in [0.1, 0.15) is 29.4 Å². The Morgan fingerprint density at radius 2 is 1.86 bits per heavy atom. The summed E-state index contributed by atoms with van der Waals surface area (Å²) in [4.78, 5) is 46.2. The van der Waals surface area contributed by atoms with Crippen molar-refractivity contribution in [1.82, 2.24) is 30.1 Å². The minimum absolute atomic E-state index is 0.000509. The average molecular weight is 792 g/mol. The SMILES string of the molecule is CC12CCCN(C1)c1nc(OCC34CCCN3CCC4)nc3c(F)c(ncc13)-c1cc(OC(=O)N3CCC(C(F)(F)F)C3)cc3cccc(c13)CCCOC(=O)N2. The molecule has 2 aromatic heterocycles. The Labute approximate surface area is 326 Å². The smallest absolute Gasteiger partial charge is 0.415 e. The zero-order chi connectivity index (χ0) is 39.5. The van der Waals surface area contributed by atoms with E-state index < -0.39 is 42.2 Å². The largest absolute Gasteiger partial charge is 0.461 e. The van der Waals surface area contributed by atoms with E-state index >= 15 is 4.39 Å². The molecule has 2 atom stereocenters. The third-order valence-electron chi connectivity index (χ3n) is 12.6. The second kappa shape index (κ2) is 14.4. The van der Waals surface area contributed by atoms with Crippen LogP contribution in [0.15, 0.2) is 36.5 Å². The summed E-state index contributed by atoms with van der Waals surface area (Å²) in [6, 6.07) is 8.64. The Kier molecular flexibility index (Phi) is 9.52. The van der Waals surface area contributed by atoms with E-state index in [4.69, 9.17) is 29.2 Å². The van der Waals surface area contributed by atoms with Crippen LogP contribution in [0.3, 0.4) is 0 Å². The first kappa shape index (κ1) is 37.6. The predicted molar refractivity (Wildman–Crippen MR) is 203 cm³/mol. The molecule has 6 bridgehead atoms. The second-order valence-corrected chi connectivity index (χ2v) is 16.5. The van der Waals surface area contributed by atoms with Gasteiger partial charge in [-0.2, -0.15) is 23.1 Å². The minimum atomic E-state index is -4.43. The summed E-state index contributed by atoms with van der Waals surface area (Å²) in [5.74, 6) is -1.90. The summed E-state index contributed by atoms with van der Waals surface area (Å²) < 4.78 is 75.6. The molecule has 2 amide bonds. The van der Waals surface area contributed by atoms with Crippen molar-refractivity contribution in [2.24, 2.45) is 5.92 Å². The van der Waals surface area contributed by atoms with Crippen LogP contribution in [0.2, 0.25) is 0 Å². The highest BCUT2D eigenvalue weighted by Gasteiger charge is 2.46. The molecule has 0 saturated carbocycles. The molecule has 302 valence electrons. The lowest BCUT2D eigenvalue weighted by molar-refractivity contribution is -0.170. The quantitative estimate of drug-likeness (QED) is 0.209. The van der Waals surface area contributed by atoms with Gasteiger partial charge >= 0.3 is 24.4 Å². The van der Waals surface area contributed by atoms with Gasteiger partial charge in [0.2, 0.25) is 0 Å². The van der Waals surface area contributed by atoms with E-state index in [1.165, 1.54) is 6.07 Å². The molecule has 57 heavy (non-hydrogen) atoms. The summed E-state index contributed by atoms with van der Waals surface area (Å²) in [5, 5.41) is 4.66. The number of likely N-dealkylation sites (tertiary alicyclic amines) is 1. The summed E-state index contributed by atoms with van der Waals surface area (Å²) in [6.07, 6.45) is 1.93. The molecule has 1 N–H and O–H groups in total. The summed E-state index contributed by atoms with van der Waals surface area (Å²) >= 11 is 0. The number of nitrogens with zero attached hydrogens (tertiary/aromatic N) is 6. The third-order valence-corrected chi connectivity index (χ3v) is 12.6. The number of fused-ring (bicyclic) bond motifs is 7. The third kappa shape index (κ3) is 7.14. The molecule has 0 radical (unpaired) electrons. The molecule has 4 fully saturated rings. The fraction of sp³-hybridized carbons (Fsp3) is 0.537. The molecule has 10 rings (SSSR count). The van der Waals surface area contributed by atoms with E-state index in [2.05, 4.69) is 10.2 Å². The van der Waals surface area contributed by atoms with Crippen molar-refractivity contribution in [2.75, 3.05) is 57.4 Å². The van der Waals surface area contributed by atoms with Gasteiger partial charge in [-0.15, -0.1) is 0 Å². The van der Waals surface area contributed by atoms with E-state index in [0.29, 0.717) is 66.5 Å². The number of nitrogens with one attached hydrogen (secondary N) is 1. The van der Waals surface area contributed by atoms with Crippen molar-refractivity contribution >= 4 is 39.7 Å². The van der Waals surface area contributed by atoms with Crippen LogP contribution in [0.4, 0.5) is 33.0 Å². The lowest BCUT2D eigenvalue weighted by Crippen LogP contribution is -2.57. The van der Waals surface area contributed by atoms with Crippen LogP contribution < -0.4 is 19.7 Å². The number of rotatable bonds is 4. The molecule has 6 aliphatic rings. The van der Waals surface area contributed by atoms with Gasteiger partial charge in [0.05, 0.1) is 29.0 Å². The number of hydrogen-bond acceptors (Lipinski definition) is 10. The molecule has 4 aromatic rings. The van der Waals surface area contributed by atoms with Crippen molar-refractivity contribution in [3.05, 3.63) is 47.9 Å². The first-order valence-electron chi connectivity index (χ1n) is 19.9. The normalized spacial score (nSPS) is 23.8. The molecule has 0 spiro atoms. The Bertz CT molecular complexity index is 2230. The number of pyridine rings is 1. The highest BCUT2D eigenvalue weighted by Crippen LogP contribution is 2.42. The van der Waals surface area contributed by atoms with Crippen LogP contribution in [0.1, 0.15) is 63.9 Å². The van der Waals surface area contributed by atoms with Crippen molar-refractivity contribution in [3.63, 3.8) is 0 Å². The maximum atomic E-state index is 17.5. The molecule has 2 unspecified atom stereocenters. The summed E-state index contributed by atoms with van der Waals surface area (Å²) in [6.45, 7) is 4.82. The molecule has 16 heteroatoms. The number of piperidine rings is 1. The first-order valence-corrected chi connectivity index (χ1v) is 19.9. The van der Waals surface area contributed by atoms with Gasteiger partial charge < -0.3 is 29.3 Å². The molecular weight excluding hydrogens is 746 g/mol. The monoisotopic (exact) mass is 791 g/mol. The number of alkyl carbamates (subject to hydrolysis) is 1. The number of aryl methyl sites for hydroxylation is 1. The zero-order valence-electron chi connectivity index (χ0n) is 31.8. The maximum Gasteiger partial charge on any atom is 0.415 e. The Morgan fingerprint density at radius 3 is 2.65 bits per heavy atom. The Hall–Kier alpha value is -4.99. The van der Waals surface area contributed by atoms with E-state index in [9.17, 15) is 22.8 Å². The highest BCUT2D eigenvalue weighted by atomic mass is 19.4. The number of benzene rings is 2. The van der Waals surface area contributed by atoms with Gasteiger partial charge in [-0.25, -0.2) is 14.0 Å². The van der Waals surface area contributed by atoms with Crippen molar-refractivity contribution < 1.29 is 41.4 Å². The van der Waals surface area contributed by atoms with Crippen LogP contribution in [-0.4, -0.2) is 107 Å². The lowest BCUT2D eigenvalue weighted by atomic mass is 9.91. The van der Waals surface area contributed by atoms with Crippen LogP contribution >= 0.6 is 0 Å². The van der Waals surface area contributed by atoms with Gasteiger partial charge in [0.25, 0.3) is 0 Å². The predicted octanol–water partition coefficient (Wildman–Crippen LogP) is 7.41. The Balaban J connectivity index is 1.17. The standard InChI is InChI=1S/C41H45F4N7O5/c1-39-11-4-14-51(23-39)35-30-21-46-33(32(42)34(30)47-36(48-35)56-24-40-12-5-15-52(40)16-6-13-40)29-20-28(57-38(54)50-17-10-27(22-50)41(43,44)45)19-26-8-2-7-25(31(26)29)9-3-18-55-37(53)49-39/h2,7-8,19-21,27H,3-6,9-18,22-24H2,1H3,(H,49,53). The van der Waals surface area contributed by atoms with Gasteiger partial charge in [0, 0.05) is 37.9 Å². The van der Waals surface area contributed by atoms with Crippen LogP contribution in [0.25, 0.3) is 32.9 Å². The number of hydrogen-bond donors (Lipinski definition) is 1. The number of halogens is 4. The van der Waals surface area contributed by atoms with Gasteiger partial charge in [0.15, 0.2) is 5.82 Å². The summed E-state index contributed by atoms with van der Waals surface area (Å²) in [7, 11) is 0. The number of carbonyl (C=O) groups excluding carboxylic acids is 2. The first-order chi connectivity index (χ1) is 27.4. The number of ether oxygens (including phenoxy) is 3. The van der Waals surface area contributed by atoms with E-state index in [-0.39, 0.29) is 48.1 Å². The molecule has 0 aliphatic carbocycles. The molecule has 2 aromatic carbocycles. The number of alkyl halides is 3. The van der Waals surface area contributed by atoms with Crippen molar-refractivity contribution in [3.8, 4) is 23.0 Å². The molecule has 4 saturated heterocycles. The highest BCUT2D eigenvalue weighted by molar-refractivity contribution is 6.02. The maximum absolute atomic E-state index is 17.5. The zero-order valence-corrected chi connectivity index (χ0v) is 31.8. The van der Waals surface area contributed by atoms with E-state index in [1.807, 2.05) is 24.0 Å². The molecule has 6 aliphatic heterocycles. The van der Waals surface area contributed by atoms with Gasteiger partial charge in [-0.05, 0) is 106 Å². The second-order valence-electron chi connectivity index (χ2n) is 16.5. The van der Waals surface area contributed by atoms with E-state index in [1.54, 1.807) is 18.3 Å². The number of anilines is 1. The minimum Gasteiger partial charge on any atom is -0.461 e. The van der Waals surface area contributed by atoms with Gasteiger partial charge in [-0.1, -0.05) is 18.2 Å². The van der Waals surface area contributed by atoms with Crippen LogP contribution in [-0.2, 0) is 11.2 Å². The van der Waals surface area contributed by atoms with Crippen molar-refractivity contribution in [2.45, 2.75) is 82.0 Å². The molecule has 8 heterocycles. The van der Waals surface area contributed by atoms with Gasteiger partial charge in [-0.3, -0.25) is 9.88 Å². The van der Waals surface area contributed by atoms with Crippen LogP contribution in [0.5, 0.6) is 11.8 Å².